The molecule has 2 amide bonds. The van der Waals surface area contributed by atoms with Crippen molar-refractivity contribution in [1.29, 1.82) is 0 Å². The third-order valence-electron chi connectivity index (χ3n) is 6.14. The van der Waals surface area contributed by atoms with Crippen molar-refractivity contribution in [2.45, 2.75) is 132 Å². The predicted octanol–water partition coefficient (Wildman–Crippen LogP) is 8.43. The molecule has 29 heavy (non-hydrogen) atoms. The van der Waals surface area contributed by atoms with Crippen LogP contribution in [0.25, 0.3) is 0 Å². The minimum Gasteiger partial charge on any atom is -0.338 e. The quantitative estimate of drug-likeness (QED) is 0.212. The van der Waals surface area contributed by atoms with E-state index in [9.17, 15) is 4.79 Å². The van der Waals surface area contributed by atoms with Gasteiger partial charge in [-0.3, -0.25) is 0 Å². The molecule has 2 atom stereocenters. The van der Waals surface area contributed by atoms with Crippen LogP contribution in [0.1, 0.15) is 132 Å². The Kier molecular flexibility index (Phi) is 23.1. The van der Waals surface area contributed by atoms with Crippen molar-refractivity contribution in [2.24, 2.45) is 11.8 Å². The molecule has 0 saturated carbocycles. The van der Waals surface area contributed by atoms with E-state index in [1.807, 2.05) is 0 Å². The normalized spacial score (nSPS) is 12.9. The molecular weight excluding hydrogens is 356 g/mol. The topological polar surface area (TPSA) is 32.3 Å². The molecule has 0 heterocycles. The zero-order valence-electron chi connectivity index (χ0n) is 20.0. The summed E-state index contributed by atoms with van der Waals surface area (Å²) in [6, 6.07) is 0.179. The zero-order chi connectivity index (χ0) is 21.0. The molecule has 0 radical (unpaired) electrons. The maximum Gasteiger partial charge on any atom is 0.317 e. The molecule has 0 aromatic rings. The molecule has 0 aromatic heterocycles. The van der Waals surface area contributed by atoms with Gasteiger partial charge in [-0.1, -0.05) is 113 Å². The Morgan fingerprint density at radius 2 is 1.14 bits per heavy atom. The summed E-state index contributed by atoms with van der Waals surface area (Å²) >= 11 is 0. The van der Waals surface area contributed by atoms with Crippen molar-refractivity contribution in [2.75, 3.05) is 19.6 Å². The minimum atomic E-state index is 0. The number of nitrogens with zero attached hydrogens (tertiary/aromatic N) is 1. The van der Waals surface area contributed by atoms with Crippen LogP contribution in [0.2, 0.25) is 0 Å². The smallest absolute Gasteiger partial charge is 0.317 e. The summed E-state index contributed by atoms with van der Waals surface area (Å²) in [5.74, 6) is 1.28. The molecule has 0 bridgehead atoms. The van der Waals surface area contributed by atoms with Gasteiger partial charge in [-0.25, -0.2) is 4.79 Å². The maximum absolute atomic E-state index is 12.9. The summed E-state index contributed by atoms with van der Waals surface area (Å²) in [5, 5.41) is 3.23. The molecule has 0 rings (SSSR count). The molecule has 0 fully saturated rings. The number of nitrogens with one attached hydrogen (secondary N) is 1. The Hall–Kier alpha value is -0.730. The average molecular weight is 413 g/mol. The number of hydrogen-bond donors (Lipinski definition) is 1. The van der Waals surface area contributed by atoms with Gasteiger partial charge in [0.2, 0.25) is 0 Å². The van der Waals surface area contributed by atoms with Crippen molar-refractivity contribution in [3.05, 3.63) is 0 Å². The Balaban J connectivity index is 0. The average Bonchev–Trinajstić information content (AvgIpc) is 2.71. The highest BCUT2D eigenvalue weighted by molar-refractivity contribution is 5.74. The molecular formula is C26H56N2O. The first-order valence-corrected chi connectivity index (χ1v) is 12.6. The van der Waals surface area contributed by atoms with Gasteiger partial charge < -0.3 is 10.2 Å². The summed E-state index contributed by atoms with van der Waals surface area (Å²) in [6.07, 6.45) is 17.5. The first-order chi connectivity index (χ1) is 13.6. The molecule has 3 nitrogen and oxygen atoms in total. The third-order valence-corrected chi connectivity index (χ3v) is 6.14. The van der Waals surface area contributed by atoms with Crippen molar-refractivity contribution in [3.8, 4) is 0 Å². The summed E-state index contributed by atoms with van der Waals surface area (Å²) in [7, 11) is 0. The van der Waals surface area contributed by atoms with Gasteiger partial charge >= 0.3 is 6.03 Å². The summed E-state index contributed by atoms with van der Waals surface area (Å²) in [5.41, 5.74) is 0. The van der Waals surface area contributed by atoms with E-state index in [0.717, 1.165) is 26.1 Å². The summed E-state index contributed by atoms with van der Waals surface area (Å²) in [6.45, 7) is 14.0. The molecule has 2 unspecified atom stereocenters. The molecule has 0 aliphatic carbocycles. The van der Waals surface area contributed by atoms with Crippen LogP contribution >= 0.6 is 0 Å². The van der Waals surface area contributed by atoms with E-state index >= 15 is 0 Å². The van der Waals surface area contributed by atoms with E-state index in [-0.39, 0.29) is 13.5 Å². The number of rotatable bonds is 19. The van der Waals surface area contributed by atoms with Crippen LogP contribution in [-0.2, 0) is 0 Å². The predicted molar refractivity (Wildman–Crippen MR) is 132 cm³/mol. The molecule has 1 N–H and O–H groups in total. The number of carbonyl (C=O) groups is 1. The second-order valence-electron chi connectivity index (χ2n) is 8.74. The second-order valence-corrected chi connectivity index (χ2v) is 8.74. The molecule has 0 saturated heterocycles. The van der Waals surface area contributed by atoms with E-state index in [0.29, 0.717) is 11.8 Å². The van der Waals surface area contributed by atoms with E-state index in [1.165, 1.54) is 83.5 Å². The van der Waals surface area contributed by atoms with E-state index in [4.69, 9.17) is 0 Å². The first kappa shape index (κ1) is 30.5. The van der Waals surface area contributed by atoms with Gasteiger partial charge in [0.1, 0.15) is 0 Å². The number of amides is 2. The summed E-state index contributed by atoms with van der Waals surface area (Å²) < 4.78 is 0. The van der Waals surface area contributed by atoms with Gasteiger partial charge in [0.05, 0.1) is 0 Å². The lowest BCUT2D eigenvalue weighted by atomic mass is 9.96. The van der Waals surface area contributed by atoms with Crippen LogP contribution in [0.15, 0.2) is 0 Å². The van der Waals surface area contributed by atoms with E-state index in [2.05, 4.69) is 44.8 Å². The lowest BCUT2D eigenvalue weighted by Gasteiger charge is -2.31. The Bertz CT molecular complexity index is 328. The third kappa shape index (κ3) is 16.7. The van der Waals surface area contributed by atoms with Crippen LogP contribution in [0.3, 0.4) is 0 Å². The van der Waals surface area contributed by atoms with E-state index in [1.54, 1.807) is 0 Å². The molecule has 176 valence electrons. The number of hydrogen-bond acceptors (Lipinski definition) is 1. The minimum absolute atomic E-state index is 0. The van der Waals surface area contributed by atoms with Crippen molar-refractivity contribution >= 4 is 6.03 Å². The highest BCUT2D eigenvalue weighted by Gasteiger charge is 2.21. The summed E-state index contributed by atoms with van der Waals surface area (Å²) in [4.78, 5) is 15.1. The van der Waals surface area contributed by atoms with Crippen LogP contribution in [-0.4, -0.2) is 30.6 Å². The van der Waals surface area contributed by atoms with Crippen LogP contribution in [0, 0.1) is 11.8 Å². The van der Waals surface area contributed by atoms with Gasteiger partial charge in [-0.2, -0.15) is 0 Å². The number of carbonyl (C=O) groups excluding carboxylic acids is 1. The van der Waals surface area contributed by atoms with Crippen LogP contribution < -0.4 is 5.32 Å². The Morgan fingerprint density at radius 3 is 1.59 bits per heavy atom. The maximum atomic E-state index is 12.9. The second kappa shape index (κ2) is 22.0. The molecule has 3 heteroatoms. The van der Waals surface area contributed by atoms with Crippen molar-refractivity contribution in [3.63, 3.8) is 0 Å². The van der Waals surface area contributed by atoms with Gasteiger partial charge in [-0.15, -0.1) is 0 Å². The lowest BCUT2D eigenvalue weighted by molar-refractivity contribution is 0.168. The van der Waals surface area contributed by atoms with Crippen LogP contribution in [0.4, 0.5) is 4.79 Å². The van der Waals surface area contributed by atoms with Crippen LogP contribution in [0.5, 0.6) is 0 Å². The monoisotopic (exact) mass is 412 g/mol. The van der Waals surface area contributed by atoms with E-state index < -0.39 is 0 Å². The fourth-order valence-corrected chi connectivity index (χ4v) is 3.91. The molecule has 0 aromatic carbocycles. The zero-order valence-corrected chi connectivity index (χ0v) is 20.0. The van der Waals surface area contributed by atoms with Crippen molar-refractivity contribution in [1.82, 2.24) is 10.2 Å². The number of unbranched alkanes of at least 4 members (excludes halogenated alkanes) is 7. The van der Waals surface area contributed by atoms with Gasteiger partial charge in [0.15, 0.2) is 0 Å². The standard InChI is InChI=1S/C25H52N2O.CH4/c1-6-11-14-15-16-17-20-26-25(28)27(21-23(9-4)18-12-7-2)22-24(10-5)19-13-8-3;/h23-24H,6-22H2,1-5H3,(H,26,28);1H4. The highest BCUT2D eigenvalue weighted by Crippen LogP contribution is 2.19. The number of urea groups is 1. The largest absolute Gasteiger partial charge is 0.338 e. The highest BCUT2D eigenvalue weighted by atomic mass is 16.2. The fourth-order valence-electron chi connectivity index (χ4n) is 3.91. The lowest BCUT2D eigenvalue weighted by Crippen LogP contribution is -2.45. The van der Waals surface area contributed by atoms with Gasteiger partial charge in [0, 0.05) is 19.6 Å². The molecule has 0 aliphatic heterocycles. The molecule has 0 aliphatic rings. The van der Waals surface area contributed by atoms with Gasteiger partial charge in [0.25, 0.3) is 0 Å². The molecule has 0 spiro atoms. The van der Waals surface area contributed by atoms with Gasteiger partial charge in [-0.05, 0) is 31.1 Å². The Morgan fingerprint density at radius 1 is 0.690 bits per heavy atom. The Labute approximate surface area is 184 Å². The van der Waals surface area contributed by atoms with Crippen molar-refractivity contribution < 1.29 is 4.79 Å². The SMILES string of the molecule is C.CCCCCCCCNC(=O)N(CC(CC)CCCC)CC(CC)CCCC. The fraction of sp³-hybridized carbons (Fsp3) is 0.962. The first-order valence-electron chi connectivity index (χ1n) is 12.6.